The second-order valence-corrected chi connectivity index (χ2v) is 4.77. The van der Waals surface area contributed by atoms with E-state index in [2.05, 4.69) is 4.98 Å². The topological polar surface area (TPSA) is 80.7 Å². The minimum Gasteiger partial charge on any atom is -0.390 e. The van der Waals surface area contributed by atoms with Crippen LogP contribution in [-0.2, 0) is 6.61 Å². The van der Waals surface area contributed by atoms with Crippen molar-refractivity contribution < 1.29 is 10.0 Å². The van der Waals surface area contributed by atoms with Crippen LogP contribution in [0.5, 0.6) is 0 Å². The first-order valence-electron chi connectivity index (χ1n) is 5.51. The average Bonchev–Trinajstić information content (AvgIpc) is 2.97. The molecule has 0 saturated heterocycles. The van der Waals surface area contributed by atoms with Crippen molar-refractivity contribution in [3.8, 4) is 11.3 Å². The van der Waals surface area contributed by atoms with Gasteiger partial charge < -0.3 is 5.11 Å². The summed E-state index contributed by atoms with van der Waals surface area (Å²) < 4.78 is 1.76. The van der Waals surface area contributed by atoms with E-state index < -0.39 is 4.92 Å². The van der Waals surface area contributed by atoms with Gasteiger partial charge in [0.05, 0.1) is 28.5 Å². The summed E-state index contributed by atoms with van der Waals surface area (Å²) in [6, 6.07) is 6.58. The van der Waals surface area contributed by atoms with Gasteiger partial charge in [0, 0.05) is 17.6 Å². The number of fused-ring (bicyclic) bond motifs is 1. The van der Waals surface area contributed by atoms with Crippen LogP contribution in [0.25, 0.3) is 16.2 Å². The standard InChI is InChI=1S/C12H9N3O3S/c16-6-8-5-14-11(7-19-12(14)13-8)9-3-1-2-4-10(9)15(17)18/h1-5,7,16H,6H2. The lowest BCUT2D eigenvalue weighted by Gasteiger charge is -2.01. The number of nitro groups is 1. The molecule has 3 aromatic rings. The fourth-order valence-corrected chi connectivity index (χ4v) is 2.84. The lowest BCUT2D eigenvalue weighted by molar-refractivity contribution is -0.384. The highest BCUT2D eigenvalue weighted by molar-refractivity contribution is 7.15. The quantitative estimate of drug-likeness (QED) is 0.588. The number of para-hydroxylation sites is 1. The van der Waals surface area contributed by atoms with Gasteiger partial charge in [-0.15, -0.1) is 11.3 Å². The molecule has 0 spiro atoms. The van der Waals surface area contributed by atoms with Crippen LogP contribution < -0.4 is 0 Å². The minimum absolute atomic E-state index is 0.0569. The Morgan fingerprint density at radius 1 is 1.42 bits per heavy atom. The molecule has 96 valence electrons. The molecule has 2 heterocycles. The summed E-state index contributed by atoms with van der Waals surface area (Å²) in [5, 5.41) is 22.0. The van der Waals surface area contributed by atoms with Crippen LogP contribution in [0.4, 0.5) is 5.69 Å². The van der Waals surface area contributed by atoms with Crippen LogP contribution in [0, 0.1) is 10.1 Å². The van der Waals surface area contributed by atoms with E-state index >= 15 is 0 Å². The van der Waals surface area contributed by atoms with Crippen molar-refractivity contribution in [3.05, 3.63) is 51.7 Å². The highest BCUT2D eigenvalue weighted by Gasteiger charge is 2.18. The summed E-state index contributed by atoms with van der Waals surface area (Å²) in [5.41, 5.74) is 1.85. The Labute approximate surface area is 111 Å². The average molecular weight is 275 g/mol. The molecule has 0 radical (unpaired) electrons. The maximum absolute atomic E-state index is 11.1. The van der Waals surface area contributed by atoms with Crippen LogP contribution in [0.15, 0.2) is 35.8 Å². The monoisotopic (exact) mass is 275 g/mol. The van der Waals surface area contributed by atoms with Gasteiger partial charge >= 0.3 is 0 Å². The van der Waals surface area contributed by atoms with Crippen molar-refractivity contribution >= 4 is 22.0 Å². The first kappa shape index (κ1) is 11.8. The number of rotatable bonds is 3. The molecule has 2 aromatic heterocycles. The van der Waals surface area contributed by atoms with Gasteiger partial charge in [-0.05, 0) is 6.07 Å². The van der Waals surface area contributed by atoms with Gasteiger partial charge in [-0.3, -0.25) is 14.5 Å². The molecule has 3 rings (SSSR count). The predicted molar refractivity (Wildman–Crippen MR) is 71.1 cm³/mol. The van der Waals surface area contributed by atoms with Gasteiger partial charge in [0.1, 0.15) is 0 Å². The Hall–Kier alpha value is -2.25. The van der Waals surface area contributed by atoms with Crippen LogP contribution in [0.3, 0.4) is 0 Å². The number of aliphatic hydroxyl groups excluding tert-OH is 1. The summed E-state index contributed by atoms with van der Waals surface area (Å²) in [4.78, 5) is 15.6. The Balaban J connectivity index is 2.24. The third-order valence-electron chi connectivity index (χ3n) is 2.80. The molecule has 1 aromatic carbocycles. The van der Waals surface area contributed by atoms with Crippen LogP contribution >= 0.6 is 11.3 Å². The van der Waals surface area contributed by atoms with Crippen molar-refractivity contribution in [1.29, 1.82) is 0 Å². The molecule has 0 amide bonds. The molecule has 0 bridgehead atoms. The van der Waals surface area contributed by atoms with Crippen molar-refractivity contribution in [3.63, 3.8) is 0 Å². The molecule has 0 atom stereocenters. The number of hydrogen-bond acceptors (Lipinski definition) is 5. The van der Waals surface area contributed by atoms with E-state index in [9.17, 15) is 10.1 Å². The second kappa shape index (κ2) is 4.45. The zero-order valence-electron chi connectivity index (χ0n) is 9.68. The van der Waals surface area contributed by atoms with E-state index in [0.717, 1.165) is 0 Å². The van der Waals surface area contributed by atoms with E-state index in [-0.39, 0.29) is 12.3 Å². The van der Waals surface area contributed by atoms with Gasteiger partial charge in [0.15, 0.2) is 4.96 Å². The maximum atomic E-state index is 11.1. The molecule has 0 fully saturated rings. The maximum Gasteiger partial charge on any atom is 0.278 e. The molecule has 0 aliphatic heterocycles. The highest BCUT2D eigenvalue weighted by atomic mass is 32.1. The molecule has 7 heteroatoms. The smallest absolute Gasteiger partial charge is 0.278 e. The Bertz CT molecular complexity index is 763. The van der Waals surface area contributed by atoms with Crippen LogP contribution in [-0.4, -0.2) is 19.4 Å². The van der Waals surface area contributed by atoms with Crippen molar-refractivity contribution in [2.45, 2.75) is 6.61 Å². The van der Waals surface area contributed by atoms with Crippen LogP contribution in [0.2, 0.25) is 0 Å². The molecule has 0 saturated carbocycles. The van der Waals surface area contributed by atoms with E-state index in [4.69, 9.17) is 5.11 Å². The molecule has 0 aliphatic carbocycles. The summed E-state index contributed by atoms with van der Waals surface area (Å²) in [5.74, 6) is 0. The summed E-state index contributed by atoms with van der Waals surface area (Å²) >= 11 is 1.38. The van der Waals surface area contributed by atoms with E-state index in [1.54, 1.807) is 28.8 Å². The van der Waals surface area contributed by atoms with Crippen molar-refractivity contribution in [2.24, 2.45) is 0 Å². The summed E-state index contributed by atoms with van der Waals surface area (Å²) in [7, 11) is 0. The zero-order valence-corrected chi connectivity index (χ0v) is 10.5. The number of hydrogen-bond donors (Lipinski definition) is 1. The van der Waals surface area contributed by atoms with Gasteiger partial charge in [-0.25, -0.2) is 4.98 Å². The number of nitro benzene ring substituents is 1. The van der Waals surface area contributed by atoms with Gasteiger partial charge in [-0.2, -0.15) is 0 Å². The van der Waals surface area contributed by atoms with Gasteiger partial charge in [0.25, 0.3) is 5.69 Å². The van der Waals surface area contributed by atoms with E-state index in [1.165, 1.54) is 17.4 Å². The summed E-state index contributed by atoms with van der Waals surface area (Å²) in [6.07, 6.45) is 1.69. The fourth-order valence-electron chi connectivity index (χ4n) is 1.95. The van der Waals surface area contributed by atoms with E-state index in [0.29, 0.717) is 21.9 Å². The number of nitrogens with zero attached hydrogens (tertiary/aromatic N) is 3. The number of thiazole rings is 1. The SMILES string of the molecule is O=[N+]([O-])c1ccccc1-c1csc2nc(CO)cn12. The minimum atomic E-state index is -0.400. The molecule has 6 nitrogen and oxygen atoms in total. The number of imidazole rings is 1. The molecule has 0 aliphatic rings. The normalized spacial score (nSPS) is 11.0. The third kappa shape index (κ3) is 1.88. The molecular formula is C12H9N3O3S. The van der Waals surface area contributed by atoms with Gasteiger partial charge in [0.2, 0.25) is 0 Å². The third-order valence-corrected chi connectivity index (χ3v) is 3.64. The Morgan fingerprint density at radius 2 is 2.21 bits per heavy atom. The number of aromatic nitrogens is 2. The lowest BCUT2D eigenvalue weighted by atomic mass is 10.1. The largest absolute Gasteiger partial charge is 0.390 e. The first-order chi connectivity index (χ1) is 9.20. The lowest BCUT2D eigenvalue weighted by Crippen LogP contribution is -1.93. The fraction of sp³-hybridized carbons (Fsp3) is 0.0833. The number of aliphatic hydroxyl groups is 1. The first-order valence-corrected chi connectivity index (χ1v) is 6.39. The van der Waals surface area contributed by atoms with Crippen LogP contribution in [0.1, 0.15) is 5.69 Å². The molecule has 19 heavy (non-hydrogen) atoms. The zero-order chi connectivity index (χ0) is 13.4. The van der Waals surface area contributed by atoms with Crippen molar-refractivity contribution in [2.75, 3.05) is 0 Å². The highest BCUT2D eigenvalue weighted by Crippen LogP contribution is 2.32. The second-order valence-electron chi connectivity index (χ2n) is 3.94. The Kier molecular flexibility index (Phi) is 2.77. The van der Waals surface area contributed by atoms with Crippen molar-refractivity contribution in [1.82, 2.24) is 9.38 Å². The summed E-state index contributed by atoms with van der Waals surface area (Å²) in [6.45, 7) is -0.148. The predicted octanol–water partition coefficient (Wildman–Crippen LogP) is 2.46. The Morgan fingerprint density at radius 3 is 2.95 bits per heavy atom. The number of benzene rings is 1. The molecule has 0 unspecified atom stereocenters. The van der Waals surface area contributed by atoms with Gasteiger partial charge in [-0.1, -0.05) is 12.1 Å². The molecular weight excluding hydrogens is 266 g/mol. The molecule has 1 N–H and O–H groups in total. The van der Waals surface area contributed by atoms with E-state index in [1.807, 2.05) is 5.38 Å².